The monoisotopic (exact) mass is 229 g/mol. The molecule has 17 heavy (non-hydrogen) atoms. The van der Waals surface area contributed by atoms with Gasteiger partial charge >= 0.3 is 0 Å². The van der Waals surface area contributed by atoms with E-state index in [0.717, 1.165) is 5.56 Å². The van der Waals surface area contributed by atoms with Gasteiger partial charge in [-0.3, -0.25) is 4.79 Å². The van der Waals surface area contributed by atoms with Gasteiger partial charge in [-0.2, -0.15) is 5.26 Å². The summed E-state index contributed by atoms with van der Waals surface area (Å²) in [7, 11) is 0. The minimum absolute atomic E-state index is 0.00102. The van der Waals surface area contributed by atoms with E-state index >= 15 is 0 Å². The maximum Gasteiger partial charge on any atom is 0.221 e. The van der Waals surface area contributed by atoms with Crippen LogP contribution in [0.1, 0.15) is 24.4 Å². The van der Waals surface area contributed by atoms with Crippen LogP contribution in [0, 0.1) is 11.3 Å². The Balaban J connectivity index is 2.03. The summed E-state index contributed by atoms with van der Waals surface area (Å²) < 4.78 is 0. The lowest BCUT2D eigenvalue weighted by atomic mass is 10.0. The first-order valence-corrected chi connectivity index (χ1v) is 5.74. The van der Waals surface area contributed by atoms with Gasteiger partial charge in [0.1, 0.15) is 0 Å². The quantitative estimate of drug-likeness (QED) is 0.813. The molecular formula is C13H15N3O. The average Bonchev–Trinajstić information content (AvgIpc) is 2.75. The molecule has 0 spiro atoms. The van der Waals surface area contributed by atoms with Gasteiger partial charge in [-0.15, -0.1) is 0 Å². The summed E-state index contributed by atoms with van der Waals surface area (Å²) in [6, 6.07) is 12.2. The van der Waals surface area contributed by atoms with Crippen molar-refractivity contribution in [2.24, 2.45) is 0 Å². The van der Waals surface area contributed by atoms with E-state index < -0.39 is 0 Å². The summed E-state index contributed by atoms with van der Waals surface area (Å²) in [4.78, 5) is 11.1. The molecule has 4 nitrogen and oxygen atoms in total. The van der Waals surface area contributed by atoms with Crippen LogP contribution in [0.25, 0.3) is 0 Å². The number of carbonyl (C=O) groups is 1. The second-order valence-corrected chi connectivity index (χ2v) is 4.20. The fraction of sp³-hybridized carbons (Fsp3) is 0.385. The Bertz CT molecular complexity index is 424. The average molecular weight is 229 g/mol. The van der Waals surface area contributed by atoms with E-state index in [9.17, 15) is 4.79 Å². The van der Waals surface area contributed by atoms with Gasteiger partial charge in [0, 0.05) is 25.0 Å². The predicted octanol–water partition coefficient (Wildman–Crippen LogP) is 1.12. The minimum Gasteiger partial charge on any atom is -0.354 e. The first-order chi connectivity index (χ1) is 8.29. The summed E-state index contributed by atoms with van der Waals surface area (Å²) in [5, 5.41) is 15.0. The van der Waals surface area contributed by atoms with Crippen LogP contribution < -0.4 is 10.6 Å². The van der Waals surface area contributed by atoms with E-state index in [1.165, 1.54) is 0 Å². The molecule has 1 aromatic rings. The summed E-state index contributed by atoms with van der Waals surface area (Å²) in [5.74, 6) is 0.0752. The van der Waals surface area contributed by atoms with Crippen LogP contribution in [0.4, 0.5) is 0 Å². The molecule has 1 aromatic carbocycles. The fourth-order valence-corrected chi connectivity index (χ4v) is 2.06. The van der Waals surface area contributed by atoms with Gasteiger partial charge < -0.3 is 10.6 Å². The molecule has 2 rings (SSSR count). The van der Waals surface area contributed by atoms with Crippen molar-refractivity contribution in [1.29, 1.82) is 5.26 Å². The molecule has 1 amide bonds. The molecule has 2 unspecified atom stereocenters. The largest absolute Gasteiger partial charge is 0.354 e. The Morgan fingerprint density at radius 2 is 2.24 bits per heavy atom. The molecular weight excluding hydrogens is 214 g/mol. The zero-order chi connectivity index (χ0) is 12.1. The van der Waals surface area contributed by atoms with E-state index in [1.807, 2.05) is 30.3 Å². The van der Waals surface area contributed by atoms with Crippen molar-refractivity contribution < 1.29 is 4.79 Å². The van der Waals surface area contributed by atoms with E-state index in [2.05, 4.69) is 16.7 Å². The van der Waals surface area contributed by atoms with E-state index in [0.29, 0.717) is 19.4 Å². The highest BCUT2D eigenvalue weighted by Crippen LogP contribution is 2.18. The number of nitrogens with zero attached hydrogens (tertiary/aromatic N) is 1. The summed E-state index contributed by atoms with van der Waals surface area (Å²) >= 11 is 0. The van der Waals surface area contributed by atoms with Crippen molar-refractivity contribution in [2.45, 2.75) is 24.9 Å². The third kappa shape index (κ3) is 3.05. The van der Waals surface area contributed by atoms with Crippen molar-refractivity contribution in [1.82, 2.24) is 10.6 Å². The highest BCUT2D eigenvalue weighted by molar-refractivity contribution is 5.78. The Morgan fingerprint density at radius 1 is 1.47 bits per heavy atom. The lowest BCUT2D eigenvalue weighted by Gasteiger charge is -2.20. The van der Waals surface area contributed by atoms with Gasteiger partial charge in [-0.1, -0.05) is 30.3 Å². The van der Waals surface area contributed by atoms with E-state index in [1.54, 1.807) is 0 Å². The van der Waals surface area contributed by atoms with Crippen molar-refractivity contribution in [3.05, 3.63) is 35.9 Å². The topological polar surface area (TPSA) is 64.9 Å². The Kier molecular flexibility index (Phi) is 3.73. The predicted molar refractivity (Wildman–Crippen MR) is 64.0 cm³/mol. The number of nitriles is 1. The van der Waals surface area contributed by atoms with Gasteiger partial charge in [-0.25, -0.2) is 0 Å². The molecule has 1 saturated heterocycles. The van der Waals surface area contributed by atoms with E-state index in [4.69, 9.17) is 5.26 Å². The van der Waals surface area contributed by atoms with Crippen molar-refractivity contribution >= 4 is 5.91 Å². The normalized spacial score (nSPS) is 20.6. The molecule has 1 aliphatic heterocycles. The molecule has 1 fully saturated rings. The highest BCUT2D eigenvalue weighted by atomic mass is 16.1. The summed E-state index contributed by atoms with van der Waals surface area (Å²) in [6.07, 6.45) is 0.906. The molecule has 2 N–H and O–H groups in total. The maximum atomic E-state index is 11.1. The second kappa shape index (κ2) is 5.46. The number of hydrogen-bond donors (Lipinski definition) is 2. The van der Waals surface area contributed by atoms with Gasteiger partial charge in [0.15, 0.2) is 0 Å². The Morgan fingerprint density at radius 3 is 2.82 bits per heavy atom. The zero-order valence-corrected chi connectivity index (χ0v) is 9.52. The van der Waals surface area contributed by atoms with E-state index in [-0.39, 0.29) is 18.0 Å². The van der Waals surface area contributed by atoms with Crippen LogP contribution in [-0.2, 0) is 4.79 Å². The summed E-state index contributed by atoms with van der Waals surface area (Å²) in [5.41, 5.74) is 1.09. The Hall–Kier alpha value is -1.86. The first-order valence-electron chi connectivity index (χ1n) is 5.74. The van der Waals surface area contributed by atoms with Crippen LogP contribution in [-0.4, -0.2) is 18.5 Å². The molecule has 1 aliphatic rings. The van der Waals surface area contributed by atoms with Crippen LogP contribution >= 0.6 is 0 Å². The molecule has 0 aliphatic carbocycles. The number of hydrogen-bond acceptors (Lipinski definition) is 3. The lowest BCUT2D eigenvalue weighted by molar-refractivity contribution is -0.119. The number of carbonyl (C=O) groups excluding carboxylic acids is 1. The minimum atomic E-state index is -0.00102. The first kappa shape index (κ1) is 11.6. The molecule has 1 heterocycles. The van der Waals surface area contributed by atoms with Crippen LogP contribution in [0.3, 0.4) is 0 Å². The summed E-state index contributed by atoms with van der Waals surface area (Å²) in [6.45, 7) is 0.646. The number of rotatable bonds is 4. The fourth-order valence-electron chi connectivity index (χ4n) is 2.06. The molecule has 0 saturated carbocycles. The molecule has 0 bridgehead atoms. The SMILES string of the molecule is N#CCC(NC1CNC(=O)C1)c1ccccc1. The molecule has 0 radical (unpaired) electrons. The molecule has 4 heteroatoms. The standard InChI is InChI=1S/C13H15N3O/c14-7-6-12(10-4-2-1-3-5-10)16-11-8-13(17)15-9-11/h1-5,11-12,16H,6,8-9H2,(H,15,17). The molecule has 88 valence electrons. The molecule has 2 atom stereocenters. The van der Waals surface area contributed by atoms with Crippen LogP contribution in [0.5, 0.6) is 0 Å². The highest BCUT2D eigenvalue weighted by Gasteiger charge is 2.24. The Labute approximate surface area is 101 Å². The van der Waals surface area contributed by atoms with Crippen molar-refractivity contribution in [3.8, 4) is 6.07 Å². The van der Waals surface area contributed by atoms with Gasteiger partial charge in [0.05, 0.1) is 12.5 Å². The van der Waals surface area contributed by atoms with Crippen molar-refractivity contribution in [3.63, 3.8) is 0 Å². The zero-order valence-electron chi connectivity index (χ0n) is 9.52. The van der Waals surface area contributed by atoms with Gasteiger partial charge in [0.25, 0.3) is 0 Å². The smallest absolute Gasteiger partial charge is 0.221 e. The number of amides is 1. The third-order valence-electron chi connectivity index (χ3n) is 2.91. The maximum absolute atomic E-state index is 11.1. The van der Waals surface area contributed by atoms with Crippen molar-refractivity contribution in [2.75, 3.05) is 6.54 Å². The van der Waals surface area contributed by atoms with Crippen LogP contribution in [0.15, 0.2) is 30.3 Å². The number of benzene rings is 1. The third-order valence-corrected chi connectivity index (χ3v) is 2.91. The number of nitrogens with one attached hydrogen (secondary N) is 2. The van der Waals surface area contributed by atoms with Gasteiger partial charge in [-0.05, 0) is 5.56 Å². The second-order valence-electron chi connectivity index (χ2n) is 4.20. The lowest BCUT2D eigenvalue weighted by Crippen LogP contribution is -2.34. The molecule has 0 aromatic heterocycles. The van der Waals surface area contributed by atoms with Gasteiger partial charge in [0.2, 0.25) is 5.91 Å². The van der Waals surface area contributed by atoms with Crippen LogP contribution in [0.2, 0.25) is 0 Å².